The number of rotatable bonds is 7. The Morgan fingerprint density at radius 3 is 2.30 bits per heavy atom. The lowest BCUT2D eigenvalue weighted by Gasteiger charge is -2.20. The topological polar surface area (TPSA) is 76.7 Å². The summed E-state index contributed by atoms with van der Waals surface area (Å²) in [5.41, 5.74) is 0.492. The zero-order valence-electron chi connectivity index (χ0n) is 15.7. The van der Waals surface area contributed by atoms with Gasteiger partial charge in [0.1, 0.15) is 16.9 Å². The van der Waals surface area contributed by atoms with Crippen LogP contribution in [-0.4, -0.2) is 26.0 Å². The third-order valence-electron chi connectivity index (χ3n) is 4.92. The van der Waals surface area contributed by atoms with Crippen LogP contribution in [0.1, 0.15) is 31.4 Å². The van der Waals surface area contributed by atoms with Crippen molar-refractivity contribution in [3.8, 4) is 11.5 Å². The van der Waals surface area contributed by atoms with E-state index in [0.717, 1.165) is 5.56 Å². The highest BCUT2D eigenvalue weighted by molar-refractivity contribution is 6.13. The Morgan fingerprint density at radius 2 is 1.70 bits per heavy atom. The van der Waals surface area contributed by atoms with Crippen LogP contribution in [0.3, 0.4) is 0 Å². The number of nitrogens with one attached hydrogen (secondary N) is 2. The van der Waals surface area contributed by atoms with Crippen LogP contribution in [0.15, 0.2) is 48.5 Å². The number of benzene rings is 2. The number of carbonyl (C=O) groups excluding carboxylic acids is 2. The number of anilines is 1. The summed E-state index contributed by atoms with van der Waals surface area (Å²) in [5.74, 6) is 0.546. The second-order valence-corrected chi connectivity index (χ2v) is 6.71. The zero-order valence-corrected chi connectivity index (χ0v) is 15.7. The molecule has 1 aliphatic carbocycles. The van der Waals surface area contributed by atoms with E-state index in [1.165, 1.54) is 7.11 Å². The molecule has 2 aromatic rings. The Hall–Kier alpha value is -3.02. The van der Waals surface area contributed by atoms with E-state index in [-0.39, 0.29) is 17.9 Å². The summed E-state index contributed by atoms with van der Waals surface area (Å²) in [6.07, 6.45) is 1.06. The van der Waals surface area contributed by atoms with Crippen LogP contribution >= 0.6 is 0 Å². The number of ether oxygens (including phenoxy) is 2. The summed E-state index contributed by atoms with van der Waals surface area (Å²) in [6, 6.07) is 14.6. The molecule has 6 heteroatoms. The monoisotopic (exact) mass is 368 g/mol. The van der Waals surface area contributed by atoms with Gasteiger partial charge >= 0.3 is 0 Å². The minimum absolute atomic E-state index is 0.167. The smallest absolute Gasteiger partial charge is 0.240 e. The molecular formula is C21H24N2O4. The Balaban J connectivity index is 1.70. The molecule has 0 bridgehead atoms. The van der Waals surface area contributed by atoms with Gasteiger partial charge in [0, 0.05) is 6.07 Å². The van der Waals surface area contributed by atoms with Crippen LogP contribution in [-0.2, 0) is 9.59 Å². The molecule has 0 spiro atoms. The highest BCUT2D eigenvalue weighted by Crippen LogP contribution is 2.47. The molecule has 2 amide bonds. The predicted octanol–water partition coefficient (Wildman–Crippen LogP) is 3.30. The fourth-order valence-electron chi connectivity index (χ4n) is 2.99. The lowest BCUT2D eigenvalue weighted by atomic mass is 10.0. The molecule has 0 aliphatic heterocycles. The maximum atomic E-state index is 12.8. The summed E-state index contributed by atoms with van der Waals surface area (Å²) >= 11 is 0. The number of hydrogen-bond donors (Lipinski definition) is 2. The summed E-state index contributed by atoms with van der Waals surface area (Å²) in [7, 11) is 3.08. The van der Waals surface area contributed by atoms with Crippen molar-refractivity contribution in [3.05, 3.63) is 54.1 Å². The first kappa shape index (κ1) is 18.8. The SMILES string of the molecule is COc1ccc(NC(=O)C2(C(=O)NC(C)c3ccccc3)CC2)c(OC)c1. The maximum Gasteiger partial charge on any atom is 0.240 e. The minimum atomic E-state index is -1.02. The fraction of sp³-hybridized carbons (Fsp3) is 0.333. The van der Waals surface area contributed by atoms with Crippen LogP contribution in [0.4, 0.5) is 5.69 Å². The molecule has 2 aromatic carbocycles. The van der Waals surface area contributed by atoms with Crippen molar-refractivity contribution in [2.24, 2.45) is 5.41 Å². The van der Waals surface area contributed by atoms with Gasteiger partial charge < -0.3 is 20.1 Å². The first-order valence-electron chi connectivity index (χ1n) is 8.89. The molecule has 1 saturated carbocycles. The largest absolute Gasteiger partial charge is 0.497 e. The molecular weight excluding hydrogens is 344 g/mol. The van der Waals surface area contributed by atoms with Crippen molar-refractivity contribution >= 4 is 17.5 Å². The number of amides is 2. The molecule has 1 unspecified atom stereocenters. The number of methoxy groups -OCH3 is 2. The molecule has 1 aliphatic rings. The van der Waals surface area contributed by atoms with Crippen LogP contribution in [0.25, 0.3) is 0 Å². The van der Waals surface area contributed by atoms with Crippen LogP contribution in [0.5, 0.6) is 11.5 Å². The van der Waals surface area contributed by atoms with E-state index in [0.29, 0.717) is 30.0 Å². The fourth-order valence-corrected chi connectivity index (χ4v) is 2.99. The van der Waals surface area contributed by atoms with Crippen LogP contribution < -0.4 is 20.1 Å². The van der Waals surface area contributed by atoms with Crippen molar-refractivity contribution in [2.45, 2.75) is 25.8 Å². The third kappa shape index (κ3) is 3.89. The third-order valence-corrected chi connectivity index (χ3v) is 4.92. The molecule has 2 N–H and O–H groups in total. The van der Waals surface area contributed by atoms with Crippen molar-refractivity contribution < 1.29 is 19.1 Å². The average molecular weight is 368 g/mol. The Bertz CT molecular complexity index is 831. The summed E-state index contributed by atoms with van der Waals surface area (Å²) in [4.78, 5) is 25.6. The van der Waals surface area contributed by atoms with Gasteiger partial charge in [-0.3, -0.25) is 9.59 Å². The highest BCUT2D eigenvalue weighted by atomic mass is 16.5. The zero-order chi connectivity index (χ0) is 19.4. The second-order valence-electron chi connectivity index (χ2n) is 6.71. The minimum Gasteiger partial charge on any atom is -0.497 e. The number of carbonyl (C=O) groups is 2. The molecule has 0 heterocycles. The van der Waals surface area contributed by atoms with Gasteiger partial charge in [0.25, 0.3) is 0 Å². The van der Waals surface area contributed by atoms with Gasteiger partial charge in [-0.1, -0.05) is 30.3 Å². The van der Waals surface area contributed by atoms with Gasteiger partial charge in [0.2, 0.25) is 11.8 Å². The Kier molecular flexibility index (Phi) is 5.35. The van der Waals surface area contributed by atoms with Gasteiger partial charge in [0.15, 0.2) is 0 Å². The highest BCUT2D eigenvalue weighted by Gasteiger charge is 2.56. The van der Waals surface area contributed by atoms with Crippen molar-refractivity contribution in [2.75, 3.05) is 19.5 Å². The van der Waals surface area contributed by atoms with E-state index in [1.807, 2.05) is 37.3 Å². The van der Waals surface area contributed by atoms with E-state index in [9.17, 15) is 9.59 Å². The first-order valence-corrected chi connectivity index (χ1v) is 8.89. The average Bonchev–Trinajstić information content (AvgIpc) is 3.51. The Labute approximate surface area is 158 Å². The molecule has 27 heavy (non-hydrogen) atoms. The second kappa shape index (κ2) is 7.70. The molecule has 3 rings (SSSR count). The molecule has 6 nitrogen and oxygen atoms in total. The van der Waals surface area contributed by atoms with E-state index in [2.05, 4.69) is 10.6 Å². The van der Waals surface area contributed by atoms with E-state index >= 15 is 0 Å². The van der Waals surface area contributed by atoms with Crippen LogP contribution in [0.2, 0.25) is 0 Å². The van der Waals surface area contributed by atoms with Gasteiger partial charge in [-0.05, 0) is 37.5 Å². The predicted molar refractivity (Wildman–Crippen MR) is 103 cm³/mol. The quantitative estimate of drug-likeness (QED) is 0.735. The normalized spacial score (nSPS) is 15.4. The van der Waals surface area contributed by atoms with Crippen LogP contribution in [0, 0.1) is 5.41 Å². The standard InChI is InChI=1S/C21H24N2O4/c1-14(15-7-5-4-6-8-15)22-19(24)21(11-12-21)20(25)23-17-10-9-16(26-2)13-18(17)27-3/h4-10,13-14H,11-12H2,1-3H3,(H,22,24)(H,23,25). The van der Waals surface area contributed by atoms with Crippen molar-refractivity contribution in [3.63, 3.8) is 0 Å². The van der Waals surface area contributed by atoms with E-state index in [4.69, 9.17) is 9.47 Å². The summed E-state index contributed by atoms with van der Waals surface area (Å²) in [6.45, 7) is 1.91. The molecule has 142 valence electrons. The number of hydrogen-bond acceptors (Lipinski definition) is 4. The van der Waals surface area contributed by atoms with E-state index in [1.54, 1.807) is 25.3 Å². The molecule has 1 atom stereocenters. The Morgan fingerprint density at radius 1 is 1.00 bits per heavy atom. The van der Waals surface area contributed by atoms with E-state index < -0.39 is 5.41 Å². The summed E-state index contributed by atoms with van der Waals surface area (Å²) in [5, 5.41) is 5.79. The van der Waals surface area contributed by atoms with Crippen molar-refractivity contribution in [1.29, 1.82) is 0 Å². The van der Waals surface area contributed by atoms with Gasteiger partial charge in [-0.25, -0.2) is 0 Å². The summed E-state index contributed by atoms with van der Waals surface area (Å²) < 4.78 is 10.5. The lowest BCUT2D eigenvalue weighted by molar-refractivity contribution is -0.134. The maximum absolute atomic E-state index is 12.8. The lowest BCUT2D eigenvalue weighted by Crippen LogP contribution is -2.41. The molecule has 1 fully saturated rings. The molecule has 0 saturated heterocycles. The van der Waals surface area contributed by atoms with Gasteiger partial charge in [0.05, 0.1) is 25.9 Å². The van der Waals surface area contributed by atoms with Gasteiger partial charge in [-0.2, -0.15) is 0 Å². The van der Waals surface area contributed by atoms with Gasteiger partial charge in [-0.15, -0.1) is 0 Å². The first-order chi connectivity index (χ1) is 13.0. The van der Waals surface area contributed by atoms with Crippen molar-refractivity contribution in [1.82, 2.24) is 5.32 Å². The molecule has 0 radical (unpaired) electrons. The molecule has 0 aromatic heterocycles.